The van der Waals surface area contributed by atoms with Crippen LogP contribution in [0.4, 0.5) is 0 Å². The third kappa shape index (κ3) is 129. The van der Waals surface area contributed by atoms with Gasteiger partial charge >= 0.3 is 9.33 Å². The van der Waals surface area contributed by atoms with E-state index in [-0.39, 0.29) is 34.1 Å². The van der Waals surface area contributed by atoms with Gasteiger partial charge in [0.25, 0.3) is 0 Å². The Hall–Kier alpha value is 1.24. The largest absolute Gasteiger partial charge is 0.353 e. The van der Waals surface area contributed by atoms with Gasteiger partial charge in [-0.2, -0.15) is 8.42 Å². The van der Waals surface area contributed by atoms with Crippen molar-refractivity contribution >= 4 is 20.0 Å². The van der Waals surface area contributed by atoms with Crippen molar-refractivity contribution in [1.82, 2.24) is 0 Å². The molecule has 0 amide bonds. The zero-order valence-corrected chi connectivity index (χ0v) is 6.54. The van der Waals surface area contributed by atoms with E-state index in [2.05, 4.69) is 10.7 Å². The molecule has 0 heterocycles. The average molecular weight is 228 g/mol. The minimum absolute atomic E-state index is 0. The normalized spacial score (nSPS) is 8.29. The van der Waals surface area contributed by atoms with Crippen LogP contribution in [-0.4, -0.2) is 13.0 Å². The standard InChI is InChI=1S/ClHO3S.2Fe/c1-5(2,3)4;;/h(H,2,3,4);;. The van der Waals surface area contributed by atoms with Gasteiger partial charge in [0.05, 0.1) is 0 Å². The van der Waals surface area contributed by atoms with Gasteiger partial charge in [0, 0.05) is 44.8 Å². The van der Waals surface area contributed by atoms with Crippen molar-refractivity contribution in [3.63, 3.8) is 0 Å². The molecule has 0 radical (unpaired) electrons. The molecule has 3 nitrogen and oxygen atoms in total. The summed E-state index contributed by atoms with van der Waals surface area (Å²) in [6.07, 6.45) is 0. The predicted octanol–water partition coefficient (Wildman–Crippen LogP) is 0.0230. The van der Waals surface area contributed by atoms with Crippen LogP contribution in [0.3, 0.4) is 0 Å². The van der Waals surface area contributed by atoms with E-state index in [1.807, 2.05) is 0 Å². The van der Waals surface area contributed by atoms with Gasteiger partial charge in [0.15, 0.2) is 0 Å². The van der Waals surface area contributed by atoms with Gasteiger partial charge in [-0.15, -0.1) is 0 Å². The average Bonchev–Trinajstić information content (AvgIpc) is 0.722. The fraction of sp³-hybridized carbons (Fsp3) is 0. The van der Waals surface area contributed by atoms with E-state index in [0.717, 1.165) is 0 Å². The van der Waals surface area contributed by atoms with Gasteiger partial charge in [-0.05, 0) is 0 Å². The van der Waals surface area contributed by atoms with E-state index >= 15 is 0 Å². The molecule has 0 saturated heterocycles. The van der Waals surface area contributed by atoms with Crippen LogP contribution in [0.5, 0.6) is 0 Å². The van der Waals surface area contributed by atoms with E-state index in [1.165, 1.54) is 0 Å². The van der Waals surface area contributed by atoms with Gasteiger partial charge < -0.3 is 0 Å². The molecule has 0 spiro atoms. The Labute approximate surface area is 67.0 Å². The fourth-order valence-electron chi connectivity index (χ4n) is 0. The maximum Gasteiger partial charge on any atom is 0.353 e. The van der Waals surface area contributed by atoms with Gasteiger partial charge in [-0.3, -0.25) is 4.55 Å². The molecule has 0 aromatic rings. The SMILES string of the molecule is O=S(=O)(O)Cl.[Fe].[Fe]. The molecular weight excluding hydrogens is 227 g/mol. The Balaban J connectivity index is -0.0000000800. The summed E-state index contributed by atoms with van der Waals surface area (Å²) >= 11 is 0. The van der Waals surface area contributed by atoms with Crippen LogP contribution < -0.4 is 0 Å². The summed E-state index contributed by atoms with van der Waals surface area (Å²) in [6.45, 7) is 0. The smallest absolute Gasteiger partial charge is 0.273 e. The van der Waals surface area contributed by atoms with E-state index < -0.39 is 9.33 Å². The Morgan fingerprint density at radius 2 is 1.29 bits per heavy atom. The second-order valence-electron chi connectivity index (χ2n) is 0.412. The maximum atomic E-state index is 8.95. The number of hydrogen-bond acceptors (Lipinski definition) is 2. The summed E-state index contributed by atoms with van der Waals surface area (Å²) < 4.78 is 25.2. The molecule has 1 N–H and O–H groups in total. The first-order chi connectivity index (χ1) is 2.00. The molecule has 0 fully saturated rings. The maximum absolute atomic E-state index is 8.95. The Kier molecular flexibility index (Phi) is 12.1. The van der Waals surface area contributed by atoms with E-state index in [0.29, 0.717) is 0 Å². The molecule has 0 unspecified atom stereocenters. The zero-order valence-electron chi connectivity index (χ0n) is 2.76. The summed E-state index contributed by atoms with van der Waals surface area (Å²) in [4.78, 5) is 0. The van der Waals surface area contributed by atoms with Crippen molar-refractivity contribution in [2.24, 2.45) is 0 Å². The van der Waals surface area contributed by atoms with Crippen molar-refractivity contribution in [2.45, 2.75) is 0 Å². The second kappa shape index (κ2) is 5.38. The molecule has 0 aliphatic heterocycles. The molecule has 0 bridgehead atoms. The van der Waals surface area contributed by atoms with E-state index in [1.54, 1.807) is 0 Å². The molecule has 7 heteroatoms. The third-order valence-corrected chi connectivity index (χ3v) is 0. The molecule has 0 saturated carbocycles. The van der Waals surface area contributed by atoms with Crippen LogP contribution in [0.25, 0.3) is 0 Å². The molecule has 0 aliphatic carbocycles. The first kappa shape index (κ1) is 15.7. The molecule has 0 rings (SSSR count). The molecule has 0 aliphatic rings. The second-order valence-corrected chi connectivity index (χ2v) is 2.41. The molecule has 48 valence electrons. The summed E-state index contributed by atoms with van der Waals surface area (Å²) in [6, 6.07) is 0. The molecule has 7 heavy (non-hydrogen) atoms. The first-order valence-corrected chi connectivity index (χ1v) is 2.94. The topological polar surface area (TPSA) is 54.4 Å². The van der Waals surface area contributed by atoms with Crippen molar-refractivity contribution in [1.29, 1.82) is 0 Å². The molecule has 0 atom stereocenters. The van der Waals surface area contributed by atoms with Crippen LogP contribution >= 0.6 is 10.7 Å². The Morgan fingerprint density at radius 1 is 1.29 bits per heavy atom. The van der Waals surface area contributed by atoms with Crippen molar-refractivity contribution in [3.8, 4) is 0 Å². The third-order valence-electron chi connectivity index (χ3n) is 0. The quantitative estimate of drug-likeness (QED) is 0.361. The minimum atomic E-state index is -4.19. The number of halogens is 1. The Bertz CT molecular complexity index is 96.1. The van der Waals surface area contributed by atoms with Crippen LogP contribution in [0, 0.1) is 0 Å². The first-order valence-electron chi connectivity index (χ1n) is 0.670. The number of hydrogen-bond donors (Lipinski definition) is 1. The van der Waals surface area contributed by atoms with Gasteiger partial charge in [-0.25, -0.2) is 0 Å². The predicted molar refractivity (Wildman–Crippen MR) is 17.4 cm³/mol. The van der Waals surface area contributed by atoms with Gasteiger partial charge in [0.2, 0.25) is 0 Å². The van der Waals surface area contributed by atoms with Crippen molar-refractivity contribution in [2.75, 3.05) is 0 Å². The van der Waals surface area contributed by atoms with Crippen molar-refractivity contribution < 1.29 is 47.1 Å². The van der Waals surface area contributed by atoms with Crippen LogP contribution in [0.1, 0.15) is 0 Å². The zero-order chi connectivity index (χ0) is 4.50. The molecule has 0 aromatic carbocycles. The summed E-state index contributed by atoms with van der Waals surface area (Å²) in [5.41, 5.74) is 0. The van der Waals surface area contributed by atoms with Crippen molar-refractivity contribution in [3.05, 3.63) is 0 Å². The minimum Gasteiger partial charge on any atom is -0.273 e. The van der Waals surface area contributed by atoms with Gasteiger partial charge in [-0.1, -0.05) is 0 Å². The summed E-state index contributed by atoms with van der Waals surface area (Å²) in [5.74, 6) is 0. The van der Waals surface area contributed by atoms with Crippen LogP contribution in [0.2, 0.25) is 0 Å². The monoisotopic (exact) mass is 228 g/mol. The fourth-order valence-corrected chi connectivity index (χ4v) is 0. The summed E-state index contributed by atoms with van der Waals surface area (Å²) in [5, 5.41) is 0. The van der Waals surface area contributed by atoms with Gasteiger partial charge in [0.1, 0.15) is 0 Å². The number of rotatable bonds is 0. The van der Waals surface area contributed by atoms with Crippen LogP contribution in [-0.2, 0) is 43.5 Å². The Morgan fingerprint density at radius 3 is 1.29 bits per heavy atom. The van der Waals surface area contributed by atoms with E-state index in [9.17, 15) is 0 Å². The van der Waals surface area contributed by atoms with Crippen LogP contribution in [0.15, 0.2) is 0 Å². The summed E-state index contributed by atoms with van der Waals surface area (Å²) in [7, 11) is -0.137. The van der Waals surface area contributed by atoms with E-state index in [4.69, 9.17) is 13.0 Å². The molecule has 0 aromatic heterocycles. The molecular formula is HClFe2O3S.